The van der Waals surface area contributed by atoms with E-state index in [4.69, 9.17) is 14.2 Å². The molecule has 0 aromatic carbocycles. The van der Waals surface area contributed by atoms with Crippen molar-refractivity contribution in [2.45, 2.75) is 122 Å². The smallest absolute Gasteiger partial charge is 0.216 e. The van der Waals surface area contributed by atoms with Crippen LogP contribution in [0.3, 0.4) is 0 Å². The molecule has 0 N–H and O–H groups in total. The van der Waals surface area contributed by atoms with Crippen molar-refractivity contribution in [1.29, 1.82) is 0 Å². The molecule has 0 radical (unpaired) electrons. The number of aromatic nitrogens is 3. The molecule has 1 atom stereocenters. The van der Waals surface area contributed by atoms with E-state index in [0.717, 1.165) is 44.3 Å². The number of pyridine rings is 1. The molecule has 7 heteroatoms. The minimum absolute atomic E-state index is 0.0316. The highest BCUT2D eigenvalue weighted by atomic mass is 32.2. The maximum absolute atomic E-state index is 6.09. The van der Waals surface area contributed by atoms with Gasteiger partial charge >= 0.3 is 0 Å². The van der Waals surface area contributed by atoms with Crippen LogP contribution < -0.4 is 9.30 Å². The molecule has 0 aliphatic rings. The van der Waals surface area contributed by atoms with Crippen LogP contribution in [0.25, 0.3) is 0 Å². The maximum Gasteiger partial charge on any atom is 0.216 e. The van der Waals surface area contributed by atoms with Gasteiger partial charge in [-0.1, -0.05) is 109 Å². The quantitative estimate of drug-likeness (QED) is 0.0705. The summed E-state index contributed by atoms with van der Waals surface area (Å²) >= 11 is 1.84. The van der Waals surface area contributed by atoms with Gasteiger partial charge in [0.1, 0.15) is 19.0 Å². The Kier molecular flexibility index (Phi) is 23.5. The molecule has 0 aliphatic carbocycles. The van der Waals surface area contributed by atoms with Gasteiger partial charge in [0.05, 0.1) is 13.2 Å². The van der Waals surface area contributed by atoms with Gasteiger partial charge in [0, 0.05) is 42.5 Å². The second-order valence-corrected chi connectivity index (χ2v) is 12.1. The SMILES string of the molecule is CCCCCCCCCCCCCCCCCCOCC(CSCCOCC[n+]1ccccc1)Oc1ccncn1. The predicted octanol–water partition coefficient (Wildman–Crippen LogP) is 8.24. The third-order valence-electron chi connectivity index (χ3n) is 7.24. The molecule has 0 bridgehead atoms. The lowest BCUT2D eigenvalue weighted by Crippen LogP contribution is -2.34. The van der Waals surface area contributed by atoms with Gasteiger partial charge in [0.25, 0.3) is 0 Å². The summed E-state index contributed by atoms with van der Waals surface area (Å²) in [5, 5.41) is 0. The lowest BCUT2D eigenvalue weighted by molar-refractivity contribution is -0.698. The van der Waals surface area contributed by atoms with Gasteiger partial charge in [-0.15, -0.1) is 0 Å². The zero-order valence-corrected chi connectivity index (χ0v) is 26.8. The number of thioether (sulfide) groups is 1. The van der Waals surface area contributed by atoms with Crippen molar-refractivity contribution in [3.8, 4) is 5.88 Å². The maximum atomic E-state index is 6.09. The fraction of sp³-hybridized carbons (Fsp3) is 0.735. The number of unbranched alkanes of at least 4 members (excludes halogenated alkanes) is 15. The molecule has 0 amide bonds. The first-order valence-electron chi connectivity index (χ1n) is 16.5. The molecule has 1 unspecified atom stereocenters. The van der Waals surface area contributed by atoms with Crippen molar-refractivity contribution in [3.63, 3.8) is 0 Å². The molecular formula is C34H58N3O3S+. The summed E-state index contributed by atoms with van der Waals surface area (Å²) in [6, 6.07) is 7.91. The fourth-order valence-corrected chi connectivity index (χ4v) is 5.62. The van der Waals surface area contributed by atoms with Crippen LogP contribution in [0.2, 0.25) is 0 Å². The molecule has 0 saturated carbocycles. The summed E-state index contributed by atoms with van der Waals surface area (Å²) in [7, 11) is 0. The van der Waals surface area contributed by atoms with E-state index in [2.05, 4.69) is 33.9 Å². The summed E-state index contributed by atoms with van der Waals surface area (Å²) < 4.78 is 20.0. The Morgan fingerprint density at radius 1 is 0.732 bits per heavy atom. The number of nitrogens with zero attached hydrogens (tertiary/aromatic N) is 3. The van der Waals surface area contributed by atoms with Crippen molar-refractivity contribution in [2.24, 2.45) is 0 Å². The number of ether oxygens (including phenoxy) is 3. The monoisotopic (exact) mass is 588 g/mol. The van der Waals surface area contributed by atoms with E-state index in [-0.39, 0.29) is 6.10 Å². The second-order valence-electron chi connectivity index (χ2n) is 11.0. The Hall–Kier alpha value is -1.70. The fourth-order valence-electron chi connectivity index (χ4n) is 4.79. The lowest BCUT2D eigenvalue weighted by Gasteiger charge is -2.18. The van der Waals surface area contributed by atoms with Crippen LogP contribution in [0.5, 0.6) is 5.88 Å². The van der Waals surface area contributed by atoms with Gasteiger partial charge in [0.15, 0.2) is 18.9 Å². The Morgan fingerprint density at radius 3 is 1.98 bits per heavy atom. The zero-order valence-electron chi connectivity index (χ0n) is 25.9. The molecule has 0 saturated heterocycles. The van der Waals surface area contributed by atoms with Gasteiger partial charge in [-0.3, -0.25) is 0 Å². The van der Waals surface area contributed by atoms with Crippen LogP contribution in [0.4, 0.5) is 0 Å². The minimum Gasteiger partial charge on any atom is -0.471 e. The molecule has 2 rings (SSSR count). The molecule has 2 heterocycles. The van der Waals surface area contributed by atoms with Crippen LogP contribution in [-0.2, 0) is 16.0 Å². The normalized spacial score (nSPS) is 12.0. The third kappa shape index (κ3) is 21.6. The molecule has 2 aromatic rings. The van der Waals surface area contributed by atoms with E-state index >= 15 is 0 Å². The number of hydrogen-bond donors (Lipinski definition) is 0. The molecule has 41 heavy (non-hydrogen) atoms. The van der Waals surface area contributed by atoms with E-state index in [1.807, 2.05) is 30.0 Å². The molecule has 2 aromatic heterocycles. The predicted molar refractivity (Wildman–Crippen MR) is 172 cm³/mol. The van der Waals surface area contributed by atoms with Gasteiger partial charge in [-0.25, -0.2) is 14.5 Å². The molecular weight excluding hydrogens is 530 g/mol. The van der Waals surface area contributed by atoms with Gasteiger partial charge in [-0.05, 0) is 6.42 Å². The lowest BCUT2D eigenvalue weighted by atomic mass is 10.0. The Labute approximate surface area is 255 Å². The summed E-state index contributed by atoms with van der Waals surface area (Å²) in [5.74, 6) is 2.38. The minimum atomic E-state index is -0.0316. The van der Waals surface area contributed by atoms with Crippen molar-refractivity contribution in [2.75, 3.05) is 37.9 Å². The number of rotatable bonds is 29. The van der Waals surface area contributed by atoms with E-state index in [9.17, 15) is 0 Å². The Bertz CT molecular complexity index is 800. The Morgan fingerprint density at radius 2 is 1.37 bits per heavy atom. The standard InChI is InChI=1S/C34H58N3O3S/c1-2-3-4-5-6-7-8-9-10-11-12-13-14-15-16-20-26-39-30-33(40-34-21-22-35-32-36-34)31-41-29-28-38-27-25-37-23-18-17-19-24-37/h17-19,21-24,32-33H,2-16,20,25-31H2,1H3/q+1. The summed E-state index contributed by atoms with van der Waals surface area (Å²) in [4.78, 5) is 8.21. The van der Waals surface area contributed by atoms with Crippen molar-refractivity contribution >= 4 is 11.8 Å². The molecule has 6 nitrogen and oxygen atoms in total. The third-order valence-corrected chi connectivity index (χ3v) is 8.30. The van der Waals surface area contributed by atoms with E-state index in [1.165, 1.54) is 103 Å². The van der Waals surface area contributed by atoms with E-state index in [0.29, 0.717) is 12.5 Å². The summed E-state index contributed by atoms with van der Waals surface area (Å²) in [6.07, 6.45) is 29.5. The average Bonchev–Trinajstić information content (AvgIpc) is 3.01. The highest BCUT2D eigenvalue weighted by molar-refractivity contribution is 7.99. The first-order chi connectivity index (χ1) is 20.4. The van der Waals surface area contributed by atoms with Crippen LogP contribution >= 0.6 is 11.8 Å². The van der Waals surface area contributed by atoms with Crippen molar-refractivity contribution < 1.29 is 18.8 Å². The highest BCUT2D eigenvalue weighted by Gasteiger charge is 2.12. The van der Waals surface area contributed by atoms with E-state index < -0.39 is 0 Å². The number of hydrogen-bond acceptors (Lipinski definition) is 6. The van der Waals surface area contributed by atoms with Crippen LogP contribution in [-0.4, -0.2) is 54.0 Å². The molecule has 0 fully saturated rings. The molecule has 0 aliphatic heterocycles. The largest absolute Gasteiger partial charge is 0.471 e. The Balaban J connectivity index is 1.42. The van der Waals surface area contributed by atoms with Crippen LogP contribution in [0.1, 0.15) is 110 Å². The first-order valence-corrected chi connectivity index (χ1v) is 17.6. The highest BCUT2D eigenvalue weighted by Crippen LogP contribution is 2.14. The first kappa shape index (κ1) is 35.5. The van der Waals surface area contributed by atoms with Gasteiger partial charge in [-0.2, -0.15) is 11.8 Å². The summed E-state index contributed by atoms with van der Waals surface area (Å²) in [5.41, 5.74) is 0. The average molecular weight is 589 g/mol. The van der Waals surface area contributed by atoms with Gasteiger partial charge < -0.3 is 14.2 Å². The van der Waals surface area contributed by atoms with Gasteiger partial charge in [0.2, 0.25) is 5.88 Å². The second kappa shape index (κ2) is 27.2. The van der Waals surface area contributed by atoms with Crippen LogP contribution in [0.15, 0.2) is 49.2 Å². The summed E-state index contributed by atoms with van der Waals surface area (Å²) in [6.45, 7) is 6.00. The van der Waals surface area contributed by atoms with Crippen molar-refractivity contribution in [3.05, 3.63) is 49.2 Å². The van der Waals surface area contributed by atoms with Crippen LogP contribution in [0, 0.1) is 0 Å². The molecule has 232 valence electrons. The molecule has 0 spiro atoms. The van der Waals surface area contributed by atoms with E-state index in [1.54, 1.807) is 12.3 Å². The zero-order chi connectivity index (χ0) is 28.9. The van der Waals surface area contributed by atoms with Crippen molar-refractivity contribution in [1.82, 2.24) is 9.97 Å². The topological polar surface area (TPSA) is 57.4 Å².